The molecule has 2 aromatic rings. The van der Waals surface area contributed by atoms with E-state index in [1.165, 1.54) is 16.4 Å². The number of ether oxygens (including phenoxy) is 1. The van der Waals surface area contributed by atoms with Crippen LogP contribution in [-0.4, -0.2) is 44.9 Å². The third-order valence-electron chi connectivity index (χ3n) is 5.97. The number of amides is 1. The number of nitriles is 1. The fourth-order valence-corrected chi connectivity index (χ4v) is 5.78. The second kappa shape index (κ2) is 7.64. The van der Waals surface area contributed by atoms with Gasteiger partial charge in [0.05, 0.1) is 23.7 Å². The molecule has 0 saturated carbocycles. The molecule has 3 aliphatic rings. The average Bonchev–Trinajstić information content (AvgIpc) is 3.30. The fraction of sp³-hybridized carbons (Fsp3) is 0.364. The maximum Gasteiger partial charge on any atom is 0.256 e. The van der Waals surface area contributed by atoms with E-state index in [0.717, 1.165) is 37.0 Å². The van der Waals surface area contributed by atoms with Gasteiger partial charge in [0.25, 0.3) is 5.91 Å². The van der Waals surface area contributed by atoms with Gasteiger partial charge in [-0.3, -0.25) is 4.79 Å². The molecule has 9 heteroatoms. The van der Waals surface area contributed by atoms with Crippen molar-refractivity contribution in [3.8, 4) is 6.07 Å². The number of benzene rings is 1. The average molecular weight is 439 g/mol. The summed E-state index contributed by atoms with van der Waals surface area (Å²) in [7, 11) is -3.70. The van der Waals surface area contributed by atoms with Gasteiger partial charge in [0.1, 0.15) is 23.2 Å². The van der Waals surface area contributed by atoms with Crippen LogP contribution in [0.25, 0.3) is 11.6 Å². The van der Waals surface area contributed by atoms with Crippen LogP contribution >= 0.6 is 0 Å². The maximum atomic E-state index is 13.1. The summed E-state index contributed by atoms with van der Waals surface area (Å²) in [5.74, 6) is 0.806. The molecule has 0 unspecified atom stereocenters. The lowest BCUT2D eigenvalue weighted by Gasteiger charge is -2.26. The first-order valence-corrected chi connectivity index (χ1v) is 11.7. The Morgan fingerprint density at radius 2 is 1.94 bits per heavy atom. The van der Waals surface area contributed by atoms with Crippen LogP contribution in [0.3, 0.4) is 0 Å². The molecule has 0 spiro atoms. The number of rotatable bonds is 3. The second-order valence-corrected chi connectivity index (χ2v) is 9.74. The highest BCUT2D eigenvalue weighted by Crippen LogP contribution is 2.37. The van der Waals surface area contributed by atoms with Crippen LogP contribution in [0.4, 0.5) is 5.69 Å². The van der Waals surface area contributed by atoms with Crippen molar-refractivity contribution in [1.29, 1.82) is 5.26 Å². The Morgan fingerprint density at radius 1 is 1.16 bits per heavy atom. The molecule has 8 nitrogen and oxygen atoms in total. The van der Waals surface area contributed by atoms with Crippen LogP contribution in [0.5, 0.6) is 0 Å². The Hall–Kier alpha value is -2.93. The summed E-state index contributed by atoms with van der Waals surface area (Å²) in [6, 6.07) is 6.82. The number of hydrogen-bond acceptors (Lipinski definition) is 6. The Bertz CT molecular complexity index is 1250. The molecule has 1 N–H and O–H groups in total. The standard InChI is InChI=1S/C22H21N3O5S/c23-13-18-15-3-1-2-4-20(15)30-21(18)12-17-16-11-14(5-6-19(16)24-22(17)26)31(27,28)25-7-9-29-10-8-25/h5-6,11-12H,1-4,7-10H2,(H,24,26). The fourth-order valence-electron chi connectivity index (χ4n) is 4.35. The lowest BCUT2D eigenvalue weighted by atomic mass is 9.94. The highest BCUT2D eigenvalue weighted by Gasteiger charge is 2.31. The zero-order valence-electron chi connectivity index (χ0n) is 16.8. The number of fused-ring (bicyclic) bond motifs is 2. The van der Waals surface area contributed by atoms with Gasteiger partial charge in [-0.25, -0.2) is 8.42 Å². The normalized spacial score (nSPS) is 20.2. The van der Waals surface area contributed by atoms with Crippen molar-refractivity contribution in [2.75, 3.05) is 31.6 Å². The van der Waals surface area contributed by atoms with E-state index in [2.05, 4.69) is 11.4 Å². The Kier molecular flexibility index (Phi) is 4.93. The van der Waals surface area contributed by atoms with E-state index in [1.807, 2.05) is 0 Å². The topological polar surface area (TPSA) is 113 Å². The summed E-state index contributed by atoms with van der Waals surface area (Å²) in [6.07, 6.45) is 5.13. The summed E-state index contributed by atoms with van der Waals surface area (Å²) in [5, 5.41) is 12.4. The summed E-state index contributed by atoms with van der Waals surface area (Å²) < 4.78 is 38.7. The van der Waals surface area contributed by atoms with E-state index in [1.54, 1.807) is 12.1 Å². The zero-order valence-corrected chi connectivity index (χ0v) is 17.6. The summed E-state index contributed by atoms with van der Waals surface area (Å²) in [6.45, 7) is 1.30. The molecule has 1 saturated heterocycles. The molecule has 1 aromatic heterocycles. The van der Waals surface area contributed by atoms with Gasteiger partial charge in [0, 0.05) is 36.3 Å². The van der Waals surface area contributed by atoms with E-state index in [0.29, 0.717) is 48.9 Å². The largest absolute Gasteiger partial charge is 0.460 e. The minimum atomic E-state index is -3.70. The Balaban J connectivity index is 1.57. The quantitative estimate of drug-likeness (QED) is 0.736. The minimum Gasteiger partial charge on any atom is -0.460 e. The van der Waals surface area contributed by atoms with Crippen LogP contribution in [0.1, 0.15) is 41.1 Å². The molecule has 3 heterocycles. The van der Waals surface area contributed by atoms with Crippen molar-refractivity contribution in [3.05, 3.63) is 46.4 Å². The molecule has 1 fully saturated rings. The number of nitrogens with one attached hydrogen (secondary N) is 1. The first-order chi connectivity index (χ1) is 15.0. The number of anilines is 1. The van der Waals surface area contributed by atoms with Crippen molar-refractivity contribution >= 4 is 33.3 Å². The molecule has 0 radical (unpaired) electrons. The number of morpholine rings is 1. The summed E-state index contributed by atoms with van der Waals surface area (Å²) >= 11 is 0. The minimum absolute atomic E-state index is 0.120. The summed E-state index contributed by atoms with van der Waals surface area (Å²) in [5.41, 5.74) is 2.68. The van der Waals surface area contributed by atoms with Gasteiger partial charge in [-0.05, 0) is 43.5 Å². The van der Waals surface area contributed by atoms with Gasteiger partial charge < -0.3 is 14.5 Å². The number of nitrogens with zero attached hydrogens (tertiary/aromatic N) is 2. The van der Waals surface area contributed by atoms with Gasteiger partial charge >= 0.3 is 0 Å². The lowest BCUT2D eigenvalue weighted by molar-refractivity contribution is -0.110. The van der Waals surface area contributed by atoms with E-state index in [4.69, 9.17) is 9.15 Å². The van der Waals surface area contributed by atoms with Gasteiger partial charge in [0.2, 0.25) is 10.0 Å². The van der Waals surface area contributed by atoms with Gasteiger partial charge in [-0.1, -0.05) is 0 Å². The van der Waals surface area contributed by atoms with Crippen molar-refractivity contribution in [1.82, 2.24) is 4.31 Å². The first kappa shape index (κ1) is 20.0. The first-order valence-electron chi connectivity index (χ1n) is 10.3. The molecule has 1 aromatic carbocycles. The molecular formula is C22H21N3O5S. The molecule has 160 valence electrons. The van der Waals surface area contributed by atoms with Gasteiger partial charge in [-0.15, -0.1) is 0 Å². The highest BCUT2D eigenvalue weighted by molar-refractivity contribution is 7.89. The third-order valence-corrected chi connectivity index (χ3v) is 7.86. The van der Waals surface area contributed by atoms with Crippen molar-refractivity contribution in [3.63, 3.8) is 0 Å². The van der Waals surface area contributed by atoms with Crippen LogP contribution in [-0.2, 0) is 32.4 Å². The number of carbonyl (C=O) groups is 1. The number of furan rings is 1. The van der Waals surface area contributed by atoms with Crippen LogP contribution in [0.15, 0.2) is 27.5 Å². The number of sulfonamides is 1. The zero-order chi connectivity index (χ0) is 21.6. The lowest BCUT2D eigenvalue weighted by Crippen LogP contribution is -2.40. The van der Waals surface area contributed by atoms with E-state index >= 15 is 0 Å². The van der Waals surface area contributed by atoms with Crippen molar-refractivity contribution in [2.24, 2.45) is 0 Å². The molecular weight excluding hydrogens is 418 g/mol. The number of carbonyl (C=O) groups excluding carboxylic acids is 1. The molecule has 1 aliphatic carbocycles. The molecule has 0 bridgehead atoms. The predicted molar refractivity (Wildman–Crippen MR) is 113 cm³/mol. The van der Waals surface area contributed by atoms with E-state index < -0.39 is 10.0 Å². The van der Waals surface area contributed by atoms with Gasteiger partial charge in [0.15, 0.2) is 0 Å². The number of hydrogen-bond donors (Lipinski definition) is 1. The van der Waals surface area contributed by atoms with E-state index in [9.17, 15) is 18.5 Å². The van der Waals surface area contributed by atoms with Crippen LogP contribution in [0, 0.1) is 11.3 Å². The van der Waals surface area contributed by atoms with Crippen LogP contribution in [0.2, 0.25) is 0 Å². The molecule has 1 amide bonds. The second-order valence-electron chi connectivity index (χ2n) is 7.80. The molecule has 5 rings (SSSR count). The monoisotopic (exact) mass is 439 g/mol. The van der Waals surface area contributed by atoms with Crippen LogP contribution < -0.4 is 5.32 Å². The highest BCUT2D eigenvalue weighted by atomic mass is 32.2. The summed E-state index contributed by atoms with van der Waals surface area (Å²) in [4.78, 5) is 12.8. The van der Waals surface area contributed by atoms with Crippen molar-refractivity contribution < 1.29 is 22.4 Å². The number of aryl methyl sites for hydroxylation is 1. The Labute approximate surface area is 180 Å². The molecule has 2 aliphatic heterocycles. The third kappa shape index (κ3) is 3.37. The van der Waals surface area contributed by atoms with Crippen molar-refractivity contribution in [2.45, 2.75) is 30.6 Å². The van der Waals surface area contributed by atoms with E-state index in [-0.39, 0.29) is 16.4 Å². The van der Waals surface area contributed by atoms with Gasteiger partial charge in [-0.2, -0.15) is 9.57 Å². The maximum absolute atomic E-state index is 13.1. The smallest absolute Gasteiger partial charge is 0.256 e. The molecule has 31 heavy (non-hydrogen) atoms. The predicted octanol–water partition coefficient (Wildman–Crippen LogP) is 2.54. The molecule has 0 atom stereocenters. The SMILES string of the molecule is N#Cc1c(C=C2C(=O)Nc3ccc(S(=O)(=O)N4CCOCC4)cc32)oc2c1CCCC2. The Morgan fingerprint density at radius 3 is 2.71 bits per heavy atom.